The van der Waals surface area contributed by atoms with Crippen molar-refractivity contribution in [2.75, 3.05) is 44.0 Å². The summed E-state index contributed by atoms with van der Waals surface area (Å²) >= 11 is 27.4. The number of nitrogens with two attached hydrogens (primary N) is 2. The smallest absolute Gasteiger partial charge is 0.494 e. The molecule has 7 aromatic heterocycles. The van der Waals surface area contributed by atoms with E-state index in [1.165, 1.54) is 111 Å². The first kappa shape index (κ1) is 120. The average molecular weight is 2280 g/mol. The molecule has 143 heavy (non-hydrogen) atoms. The number of aromatic nitrogens is 10. The summed E-state index contributed by atoms with van der Waals surface area (Å²) in [5.41, 5.74) is 17.1. The third kappa shape index (κ3) is 32.2. The minimum Gasteiger partial charge on any atom is -0.768 e. The summed E-state index contributed by atoms with van der Waals surface area (Å²) in [7, 11) is -3.61. The molecule has 26 nitrogen and oxygen atoms in total. The van der Waals surface area contributed by atoms with Crippen molar-refractivity contribution in [2.45, 2.75) is 195 Å². The summed E-state index contributed by atoms with van der Waals surface area (Å²) in [6, 6.07) is 47.6. The van der Waals surface area contributed by atoms with E-state index in [4.69, 9.17) is 67.2 Å². The van der Waals surface area contributed by atoms with Crippen LogP contribution in [0.4, 0.5) is 43.9 Å². The van der Waals surface area contributed by atoms with Gasteiger partial charge in [0.05, 0.1) is 80.4 Å². The van der Waals surface area contributed by atoms with Gasteiger partial charge in [-0.25, -0.2) is 82.7 Å². The largest absolute Gasteiger partial charge is 0.768 e. The summed E-state index contributed by atoms with van der Waals surface area (Å²) in [5.74, 6) is -3.72. The van der Waals surface area contributed by atoms with Gasteiger partial charge >= 0.3 is 19.3 Å². The maximum atomic E-state index is 15.1. The van der Waals surface area contributed by atoms with Crippen molar-refractivity contribution < 1.29 is 69.7 Å². The molecule has 2 aliphatic carbocycles. The lowest BCUT2D eigenvalue weighted by atomic mass is 9.78. The number of hydrogen-bond donors (Lipinski definition) is 4. The zero-order valence-electron chi connectivity index (χ0n) is 77.6. The number of benzene rings is 7. The second kappa shape index (κ2) is 52.6. The van der Waals surface area contributed by atoms with Crippen molar-refractivity contribution in [2.24, 2.45) is 5.73 Å². The Labute approximate surface area is 876 Å². The molecule has 14 aromatic rings. The molecule has 1 atom stereocenters. The van der Waals surface area contributed by atoms with E-state index >= 15 is 4.39 Å². The minimum absolute atomic E-state index is 0. The number of rotatable bonds is 17. The van der Waals surface area contributed by atoms with Crippen LogP contribution < -0.4 is 27.0 Å². The highest BCUT2D eigenvalue weighted by molar-refractivity contribution is 9.10. The number of sulfone groups is 2. The summed E-state index contributed by atoms with van der Waals surface area (Å²) < 4.78 is 194. The molecule has 44 heteroatoms. The molecular formula is C99H111BBr2Cl5F6N16O10S4-. The zero-order valence-corrected chi connectivity index (χ0v) is 87.9. The van der Waals surface area contributed by atoms with E-state index in [2.05, 4.69) is 130 Å². The standard InChI is InChI=1S/C29H31ClFN5O2S.C21H14ClF2N3O2S.C14H16BFN2O2.C12H9BrClFN2O2S.C8H18N2.C6H6BrFN2.C6H5ClO2S.3CH4.ClH/c1-18-23(15-25(31)27(33-18)17-39(37,38)28-7-5-4-6-24(28)30)19-8-13-26-20(14-19)16-32-29(35-26)34-21-9-11-22(12-10-21)36(2)3;1-12-15(13-6-7-18-14(8-13)10-25-21(24)27-18)9-17(23)19(26-12)11-30(28,29)20-5-3-2-4-16(20)22;1-13(2)14(3,4)20-15(19-13)10-5-6-11-9(7-10)8-17-12(16)18-11;1-7-8(13)6-10(15)12(16-7)17-20(18,19)11-5-3-2-4-9(11)14;1-10(2)8-5-3-7(9)4-6-8;1-3-4(7)2-5(8)6(9)10-3;7-5-3-1-2-4-6(5)10(8)9;;;;/h4-8,13-16,21-22H,9-12,17H2,1-3H3,(H,32,34,35);2-10H,11H2,1H3;5-8H,1-4H3;2-6H,1H3,(H,16,17);7-8H,3-6,9H2,1-2H3;2H,1H3,(H2,9,10);1-4H,(H,8,9);3*1H4;1H/p-1. The predicted octanol–water partition coefficient (Wildman–Crippen LogP) is 23.4. The summed E-state index contributed by atoms with van der Waals surface area (Å²) in [5, 5.41) is 6.12. The number of anilines is 3. The van der Waals surface area contributed by atoms with E-state index in [-0.39, 0.29) is 109 Å². The van der Waals surface area contributed by atoms with Crippen LogP contribution in [0.25, 0.3) is 55.0 Å². The average Bonchev–Trinajstić information content (AvgIpc) is 1.60. The first-order chi connectivity index (χ1) is 65.5. The van der Waals surface area contributed by atoms with Gasteiger partial charge in [-0.1, -0.05) is 141 Å². The Balaban J connectivity index is 0.000000239. The SMILES string of the molecule is C.C.C.CC1(C)OB(c2ccc3nc(F)ncc3c2)OC1(C)C.CN(C)C1CCC(N)CC1.Cc1nc(CS(=O)(=O)c2ccccc2Cl)c(F)cc1-c1ccc2nc(F)ncc2c1.Cc1nc(CS(=O)(=O)c2ccccc2Cl)c(F)cc1-c1ccc2nc(NC3CCC(N(C)C)CC3)ncc2c1.Cc1nc(N)c(F)cc1Br.Cc1nc(NS(=O)(=O)c2ccccc2Cl)c(F)cc1Br.Cl.O=S([O-])c1ccccc1Cl. The van der Waals surface area contributed by atoms with E-state index in [0.717, 1.165) is 65.1 Å². The Morgan fingerprint density at radius 3 is 1.30 bits per heavy atom. The highest BCUT2D eigenvalue weighted by Gasteiger charge is 2.52. The molecule has 766 valence electrons. The van der Waals surface area contributed by atoms with Gasteiger partial charge in [-0.3, -0.25) is 18.9 Å². The molecular weight excluding hydrogens is 2160 g/mol. The number of halogens is 13. The molecule has 17 rings (SSSR count). The third-order valence-corrected chi connectivity index (χ3v) is 32.0. The lowest BCUT2D eigenvalue weighted by molar-refractivity contribution is 0.00578. The fourth-order valence-corrected chi connectivity index (χ4v) is 21.3. The van der Waals surface area contributed by atoms with Crippen LogP contribution in [-0.2, 0) is 61.6 Å². The molecule has 8 heterocycles. The molecule has 0 radical (unpaired) electrons. The van der Waals surface area contributed by atoms with Gasteiger partial charge in [0.25, 0.3) is 10.0 Å². The Hall–Kier alpha value is -9.63. The van der Waals surface area contributed by atoms with Gasteiger partial charge in [0.2, 0.25) is 5.95 Å². The van der Waals surface area contributed by atoms with E-state index in [1.54, 1.807) is 101 Å². The van der Waals surface area contributed by atoms with E-state index in [1.807, 2.05) is 58.0 Å². The molecule has 1 saturated heterocycles. The molecule has 2 saturated carbocycles. The maximum Gasteiger partial charge on any atom is 0.494 e. The van der Waals surface area contributed by atoms with Gasteiger partial charge < -0.3 is 40.4 Å². The molecule has 0 bridgehead atoms. The highest BCUT2D eigenvalue weighted by atomic mass is 79.9. The minimum atomic E-state index is -4.00. The van der Waals surface area contributed by atoms with Crippen molar-refractivity contribution in [3.05, 3.63) is 293 Å². The normalized spacial score (nSPS) is 15.9. The van der Waals surface area contributed by atoms with Gasteiger partial charge in [0, 0.05) is 95.3 Å². The molecule has 0 spiro atoms. The Kier molecular flexibility index (Phi) is 44.3. The lowest BCUT2D eigenvalue weighted by Gasteiger charge is -2.32. The molecule has 3 fully saturated rings. The van der Waals surface area contributed by atoms with Crippen molar-refractivity contribution >= 4 is 194 Å². The van der Waals surface area contributed by atoms with Crippen LogP contribution in [0, 0.1) is 63.1 Å². The van der Waals surface area contributed by atoms with E-state index in [0.29, 0.717) is 88.9 Å². The maximum absolute atomic E-state index is 15.1. The lowest BCUT2D eigenvalue weighted by Crippen LogP contribution is -2.41. The van der Waals surface area contributed by atoms with Gasteiger partial charge in [0.1, 0.15) is 28.0 Å². The van der Waals surface area contributed by atoms with Crippen LogP contribution in [0.3, 0.4) is 0 Å². The third-order valence-electron chi connectivity index (χ3n) is 23.2. The molecule has 1 aliphatic heterocycles. The van der Waals surface area contributed by atoms with Crippen molar-refractivity contribution in [3.63, 3.8) is 0 Å². The van der Waals surface area contributed by atoms with E-state index in [9.17, 15) is 56.0 Å². The van der Waals surface area contributed by atoms with Crippen LogP contribution in [-0.4, -0.2) is 164 Å². The quantitative estimate of drug-likeness (QED) is 0.0285. The monoisotopic (exact) mass is 2270 g/mol. The fourth-order valence-electron chi connectivity index (χ4n) is 14.7. The number of hydrogen-bond acceptors (Lipinski definition) is 25. The molecule has 7 aromatic carbocycles. The first-order valence-electron chi connectivity index (χ1n) is 43.1. The number of aryl methyl sites for hydroxylation is 4. The zero-order chi connectivity index (χ0) is 102. The Morgan fingerprint density at radius 1 is 0.483 bits per heavy atom. The molecule has 1 unspecified atom stereocenters. The molecule has 0 amide bonds. The van der Waals surface area contributed by atoms with Crippen LogP contribution in [0.15, 0.2) is 223 Å². The van der Waals surface area contributed by atoms with Crippen molar-refractivity contribution in [1.29, 1.82) is 0 Å². The number of sulfonamides is 1. The van der Waals surface area contributed by atoms with Crippen molar-refractivity contribution in [1.82, 2.24) is 59.6 Å². The van der Waals surface area contributed by atoms with Crippen LogP contribution >= 0.6 is 90.7 Å². The topological polar surface area (TPSA) is 372 Å². The van der Waals surface area contributed by atoms with Crippen molar-refractivity contribution in [3.8, 4) is 22.3 Å². The van der Waals surface area contributed by atoms with Gasteiger partial charge in [0.15, 0.2) is 42.9 Å². The van der Waals surface area contributed by atoms with Gasteiger partial charge in [-0.2, -0.15) is 8.78 Å². The van der Waals surface area contributed by atoms with Gasteiger partial charge in [-0.15, -0.1) is 12.4 Å². The number of nitrogens with one attached hydrogen (secondary N) is 2. The van der Waals surface area contributed by atoms with E-state index < -0.39 is 94.8 Å². The number of nitrogen functional groups attached to an aromatic ring is 1. The second-order valence-electron chi connectivity index (χ2n) is 34.1. The Bertz CT molecular complexity index is 7150. The molecule has 6 N–H and O–H groups in total. The molecule has 3 aliphatic rings. The Morgan fingerprint density at radius 2 is 0.874 bits per heavy atom. The summed E-state index contributed by atoms with van der Waals surface area (Å²) in [6.07, 6.45) is 12.5. The van der Waals surface area contributed by atoms with Crippen LogP contribution in [0.5, 0.6) is 0 Å². The van der Waals surface area contributed by atoms with Crippen LogP contribution in [0.2, 0.25) is 20.1 Å². The summed E-state index contributed by atoms with van der Waals surface area (Å²) in [6.45, 7) is 14.8. The number of fused-ring (bicyclic) bond motifs is 3. The number of nitrogens with zero attached hydrogens (tertiary/aromatic N) is 12. The highest BCUT2D eigenvalue weighted by Crippen LogP contribution is 2.39. The predicted molar refractivity (Wildman–Crippen MR) is 568 cm³/mol. The fraction of sp³-hybridized carbons (Fsp3) is 0.313. The second-order valence-corrected chi connectivity index (χ2v) is 43.9. The number of pyridine rings is 4. The van der Waals surface area contributed by atoms with Crippen LogP contribution in [0.1, 0.15) is 136 Å². The van der Waals surface area contributed by atoms with Gasteiger partial charge in [-0.05, 0) is 298 Å². The first-order valence-corrected chi connectivity index (χ1v) is 52.0. The summed E-state index contributed by atoms with van der Waals surface area (Å²) in [4.78, 5) is 44.3.